The second kappa shape index (κ2) is 4.56. The lowest BCUT2D eigenvalue weighted by molar-refractivity contribution is 0.318. The molecule has 0 amide bonds. The van der Waals surface area contributed by atoms with E-state index in [1.54, 1.807) is 41.2 Å². The van der Waals surface area contributed by atoms with Gasteiger partial charge in [-0.3, -0.25) is 0 Å². The Morgan fingerprint density at radius 1 is 1.35 bits per heavy atom. The molecular weight excluding hydrogens is 220 g/mol. The molecular formula is C11H12N4O2. The summed E-state index contributed by atoms with van der Waals surface area (Å²) in [6, 6.07) is 6.81. The second-order valence-corrected chi connectivity index (χ2v) is 3.53. The highest BCUT2D eigenvalue weighted by atomic mass is 16.4. The summed E-state index contributed by atoms with van der Waals surface area (Å²) in [5.41, 5.74) is 6.47. The van der Waals surface area contributed by atoms with E-state index in [1.807, 2.05) is 0 Å². The summed E-state index contributed by atoms with van der Waals surface area (Å²) in [6.45, 7) is 0.534. The van der Waals surface area contributed by atoms with Gasteiger partial charge in [0.1, 0.15) is 5.75 Å². The van der Waals surface area contributed by atoms with E-state index in [2.05, 4.69) is 10.1 Å². The fraction of sp³-hybridized carbons (Fsp3) is 0.0909. The van der Waals surface area contributed by atoms with Gasteiger partial charge in [0.25, 0.3) is 0 Å². The molecule has 0 aliphatic rings. The zero-order valence-corrected chi connectivity index (χ0v) is 8.98. The molecule has 0 bridgehead atoms. The minimum absolute atomic E-state index is 0.0335. The van der Waals surface area contributed by atoms with E-state index in [0.717, 1.165) is 5.56 Å². The average molecular weight is 232 g/mol. The Hall–Kier alpha value is -2.50. The zero-order chi connectivity index (χ0) is 12.3. The highest BCUT2D eigenvalue weighted by molar-refractivity contribution is 5.93. The van der Waals surface area contributed by atoms with Crippen molar-refractivity contribution < 1.29 is 10.3 Å². The number of phenolic OH excluding ortho intramolecular Hbond substituents is 1. The van der Waals surface area contributed by atoms with E-state index in [-0.39, 0.29) is 11.6 Å². The van der Waals surface area contributed by atoms with Crippen molar-refractivity contribution in [1.82, 2.24) is 9.55 Å². The van der Waals surface area contributed by atoms with Gasteiger partial charge in [0.2, 0.25) is 5.84 Å². The normalized spacial score (nSPS) is 11.6. The van der Waals surface area contributed by atoms with Crippen molar-refractivity contribution in [1.29, 1.82) is 0 Å². The largest absolute Gasteiger partial charge is 0.508 e. The standard InChI is InChI=1S/C11H12N4O2/c12-10(14-17)11-13-5-6-15(11)7-8-1-3-9(16)4-2-8/h1-6,16-17H,7H2,(H2,12,14). The quantitative estimate of drug-likeness (QED) is 0.314. The third-order valence-corrected chi connectivity index (χ3v) is 2.34. The smallest absolute Gasteiger partial charge is 0.206 e. The van der Waals surface area contributed by atoms with Gasteiger partial charge in [-0.1, -0.05) is 17.3 Å². The van der Waals surface area contributed by atoms with Crippen LogP contribution in [0.2, 0.25) is 0 Å². The molecule has 17 heavy (non-hydrogen) atoms. The van der Waals surface area contributed by atoms with Gasteiger partial charge in [-0.05, 0) is 17.7 Å². The Kier molecular flexibility index (Phi) is 2.95. The predicted octanol–water partition coefficient (Wildman–Crippen LogP) is 0.731. The van der Waals surface area contributed by atoms with Gasteiger partial charge >= 0.3 is 0 Å². The molecule has 0 aliphatic heterocycles. The van der Waals surface area contributed by atoms with Crippen LogP contribution in [-0.4, -0.2) is 25.7 Å². The van der Waals surface area contributed by atoms with Crippen molar-refractivity contribution in [2.45, 2.75) is 6.54 Å². The summed E-state index contributed by atoms with van der Waals surface area (Å²) < 4.78 is 1.75. The predicted molar refractivity (Wildman–Crippen MR) is 61.9 cm³/mol. The zero-order valence-electron chi connectivity index (χ0n) is 8.98. The topological polar surface area (TPSA) is 96.7 Å². The number of benzene rings is 1. The van der Waals surface area contributed by atoms with E-state index < -0.39 is 0 Å². The molecule has 0 saturated carbocycles. The van der Waals surface area contributed by atoms with Gasteiger partial charge in [0.15, 0.2) is 5.82 Å². The number of aromatic nitrogens is 2. The van der Waals surface area contributed by atoms with E-state index in [0.29, 0.717) is 12.4 Å². The average Bonchev–Trinajstić information content (AvgIpc) is 2.79. The number of nitrogens with zero attached hydrogens (tertiary/aromatic N) is 3. The van der Waals surface area contributed by atoms with Gasteiger partial charge in [-0.25, -0.2) is 4.98 Å². The first-order chi connectivity index (χ1) is 8.20. The van der Waals surface area contributed by atoms with Gasteiger partial charge in [0.05, 0.1) is 0 Å². The van der Waals surface area contributed by atoms with Gasteiger partial charge in [-0.15, -0.1) is 0 Å². The van der Waals surface area contributed by atoms with Crippen LogP contribution in [-0.2, 0) is 6.54 Å². The Morgan fingerprint density at radius 2 is 2.06 bits per heavy atom. The number of phenols is 1. The lowest BCUT2D eigenvalue weighted by Gasteiger charge is -2.06. The number of hydrogen-bond acceptors (Lipinski definition) is 4. The van der Waals surface area contributed by atoms with Crippen LogP contribution in [0.4, 0.5) is 0 Å². The van der Waals surface area contributed by atoms with Crippen molar-refractivity contribution in [3.8, 4) is 5.75 Å². The fourth-order valence-electron chi connectivity index (χ4n) is 1.51. The van der Waals surface area contributed by atoms with Crippen LogP contribution in [0.3, 0.4) is 0 Å². The van der Waals surface area contributed by atoms with Crippen molar-refractivity contribution in [3.63, 3.8) is 0 Å². The molecule has 6 nitrogen and oxygen atoms in total. The van der Waals surface area contributed by atoms with Crippen LogP contribution in [0.1, 0.15) is 11.4 Å². The van der Waals surface area contributed by atoms with Crippen molar-refractivity contribution in [3.05, 3.63) is 48.0 Å². The van der Waals surface area contributed by atoms with E-state index >= 15 is 0 Å². The maximum Gasteiger partial charge on any atom is 0.206 e. The highest BCUT2D eigenvalue weighted by Gasteiger charge is 2.07. The maximum atomic E-state index is 9.17. The van der Waals surface area contributed by atoms with Crippen LogP contribution in [0.5, 0.6) is 5.75 Å². The molecule has 0 spiro atoms. The minimum Gasteiger partial charge on any atom is -0.508 e. The monoisotopic (exact) mass is 232 g/mol. The number of aromatic hydroxyl groups is 1. The fourth-order valence-corrected chi connectivity index (χ4v) is 1.51. The first-order valence-corrected chi connectivity index (χ1v) is 4.97. The molecule has 1 aromatic heterocycles. The second-order valence-electron chi connectivity index (χ2n) is 3.53. The number of amidine groups is 1. The minimum atomic E-state index is -0.0335. The molecule has 1 aromatic carbocycles. The lowest BCUT2D eigenvalue weighted by atomic mass is 10.2. The summed E-state index contributed by atoms with van der Waals surface area (Å²) in [6.07, 6.45) is 3.31. The molecule has 0 fully saturated rings. The molecule has 4 N–H and O–H groups in total. The third-order valence-electron chi connectivity index (χ3n) is 2.34. The Morgan fingerprint density at radius 3 is 2.71 bits per heavy atom. The molecule has 0 aliphatic carbocycles. The summed E-state index contributed by atoms with van der Waals surface area (Å²) in [5, 5.41) is 20.7. The van der Waals surface area contributed by atoms with Crippen LogP contribution < -0.4 is 5.73 Å². The molecule has 6 heteroatoms. The Balaban J connectivity index is 2.25. The first kappa shape index (κ1) is 11.0. The molecule has 1 heterocycles. The Labute approximate surface area is 97.6 Å². The number of nitrogens with two attached hydrogens (primary N) is 1. The van der Waals surface area contributed by atoms with Crippen LogP contribution in [0, 0.1) is 0 Å². The lowest BCUT2D eigenvalue weighted by Crippen LogP contribution is -2.19. The third kappa shape index (κ3) is 2.36. The SMILES string of the molecule is NC(=NO)c1nccn1Cc1ccc(O)cc1. The molecule has 2 aromatic rings. The number of hydrogen-bond donors (Lipinski definition) is 3. The van der Waals surface area contributed by atoms with E-state index in [4.69, 9.17) is 10.9 Å². The molecule has 0 atom stereocenters. The molecule has 2 rings (SSSR count). The Bertz CT molecular complexity index is 531. The van der Waals surface area contributed by atoms with Crippen molar-refractivity contribution >= 4 is 5.84 Å². The molecule has 0 saturated heterocycles. The molecule has 0 radical (unpaired) electrons. The van der Waals surface area contributed by atoms with Crippen LogP contribution in [0.15, 0.2) is 41.8 Å². The summed E-state index contributed by atoms with van der Waals surface area (Å²) in [7, 11) is 0. The first-order valence-electron chi connectivity index (χ1n) is 4.97. The van der Waals surface area contributed by atoms with Gasteiger partial charge < -0.3 is 20.6 Å². The number of imidazole rings is 1. The van der Waals surface area contributed by atoms with Gasteiger partial charge in [-0.2, -0.15) is 0 Å². The van der Waals surface area contributed by atoms with E-state index in [1.165, 1.54) is 0 Å². The summed E-state index contributed by atoms with van der Waals surface area (Å²) >= 11 is 0. The van der Waals surface area contributed by atoms with E-state index in [9.17, 15) is 5.11 Å². The maximum absolute atomic E-state index is 9.17. The summed E-state index contributed by atoms with van der Waals surface area (Å²) in [5.74, 6) is 0.588. The number of oxime groups is 1. The van der Waals surface area contributed by atoms with Gasteiger partial charge in [0, 0.05) is 18.9 Å². The summed E-state index contributed by atoms with van der Waals surface area (Å²) in [4.78, 5) is 4.00. The van der Waals surface area contributed by atoms with Crippen LogP contribution >= 0.6 is 0 Å². The van der Waals surface area contributed by atoms with Crippen LogP contribution in [0.25, 0.3) is 0 Å². The van der Waals surface area contributed by atoms with Crippen molar-refractivity contribution in [2.75, 3.05) is 0 Å². The number of rotatable bonds is 3. The van der Waals surface area contributed by atoms with Crippen molar-refractivity contribution in [2.24, 2.45) is 10.9 Å². The molecule has 0 unspecified atom stereocenters. The molecule has 88 valence electrons. The highest BCUT2D eigenvalue weighted by Crippen LogP contribution is 2.11.